The van der Waals surface area contributed by atoms with Gasteiger partial charge in [-0.05, 0) is 24.7 Å². The lowest BCUT2D eigenvalue weighted by Crippen LogP contribution is -2.53. The molecule has 1 aliphatic rings. The molecule has 1 heterocycles. The van der Waals surface area contributed by atoms with E-state index in [1.54, 1.807) is 6.07 Å². The zero-order valence-corrected chi connectivity index (χ0v) is 11.8. The number of nitrogens with zero attached hydrogens (tertiary/aromatic N) is 1. The van der Waals surface area contributed by atoms with Gasteiger partial charge in [0.05, 0.1) is 12.7 Å². The van der Waals surface area contributed by atoms with Crippen molar-refractivity contribution in [3.63, 3.8) is 0 Å². The van der Waals surface area contributed by atoms with Crippen LogP contribution in [0.1, 0.15) is 5.56 Å². The maximum Gasteiger partial charge on any atom is 0.573 e. The van der Waals surface area contributed by atoms with E-state index in [1.165, 1.54) is 18.2 Å². The topological polar surface area (TPSA) is 33.7 Å². The smallest absolute Gasteiger partial charge is 0.406 e. The van der Waals surface area contributed by atoms with Gasteiger partial charge >= 0.3 is 6.36 Å². The van der Waals surface area contributed by atoms with Gasteiger partial charge in [-0.3, -0.25) is 4.90 Å². The molecular formula is C14H19F3N2O2. The van der Waals surface area contributed by atoms with Crippen LogP contribution >= 0.6 is 0 Å². The molecule has 0 amide bonds. The lowest BCUT2D eigenvalue weighted by molar-refractivity contribution is -0.274. The van der Waals surface area contributed by atoms with Crippen molar-refractivity contribution in [2.75, 3.05) is 33.2 Å². The highest BCUT2D eigenvalue weighted by molar-refractivity contribution is 5.28. The Hall–Kier alpha value is -1.31. The van der Waals surface area contributed by atoms with Crippen molar-refractivity contribution >= 4 is 0 Å². The standard InChI is InChI=1S/C14H19F3N2O2/c1-18-5-6-19-8-13(9-19)20-10-11-3-2-4-12(7-11)21-14(15,16)17/h2-4,7,13,18H,5-6,8-10H2,1H3. The van der Waals surface area contributed by atoms with Crippen molar-refractivity contribution in [1.82, 2.24) is 10.2 Å². The molecule has 1 saturated heterocycles. The summed E-state index contributed by atoms with van der Waals surface area (Å²) < 4.78 is 45.9. The second-order valence-electron chi connectivity index (χ2n) is 4.99. The molecule has 7 heteroatoms. The van der Waals surface area contributed by atoms with Crippen LogP contribution in [-0.4, -0.2) is 50.6 Å². The van der Waals surface area contributed by atoms with E-state index in [9.17, 15) is 13.2 Å². The molecule has 0 unspecified atom stereocenters. The van der Waals surface area contributed by atoms with Crippen LogP contribution in [0.25, 0.3) is 0 Å². The van der Waals surface area contributed by atoms with Crippen LogP contribution in [0.3, 0.4) is 0 Å². The number of nitrogens with one attached hydrogen (secondary N) is 1. The monoisotopic (exact) mass is 304 g/mol. The molecule has 0 radical (unpaired) electrons. The Morgan fingerprint density at radius 2 is 2.10 bits per heavy atom. The molecule has 1 aliphatic heterocycles. The van der Waals surface area contributed by atoms with E-state index < -0.39 is 6.36 Å². The fraction of sp³-hybridized carbons (Fsp3) is 0.571. The summed E-state index contributed by atoms with van der Waals surface area (Å²) in [5.41, 5.74) is 0.672. The molecule has 1 N–H and O–H groups in total. The summed E-state index contributed by atoms with van der Waals surface area (Å²) in [7, 11) is 1.91. The third kappa shape index (κ3) is 5.53. The number of ether oxygens (including phenoxy) is 2. The maximum atomic E-state index is 12.1. The second kappa shape index (κ2) is 7.11. The average Bonchev–Trinajstić information content (AvgIpc) is 2.35. The van der Waals surface area contributed by atoms with Crippen molar-refractivity contribution in [1.29, 1.82) is 0 Å². The van der Waals surface area contributed by atoms with Crippen LogP contribution < -0.4 is 10.1 Å². The van der Waals surface area contributed by atoms with E-state index in [0.717, 1.165) is 26.2 Å². The molecule has 0 aromatic heterocycles. The Morgan fingerprint density at radius 1 is 1.33 bits per heavy atom. The molecule has 0 bridgehead atoms. The van der Waals surface area contributed by atoms with E-state index in [-0.39, 0.29) is 11.9 Å². The summed E-state index contributed by atoms with van der Waals surface area (Å²) in [5, 5.41) is 3.08. The van der Waals surface area contributed by atoms with Crippen molar-refractivity contribution in [3.8, 4) is 5.75 Å². The Balaban J connectivity index is 1.73. The van der Waals surface area contributed by atoms with Gasteiger partial charge in [-0.1, -0.05) is 12.1 Å². The third-order valence-corrected chi connectivity index (χ3v) is 3.22. The molecule has 1 aromatic carbocycles. The number of halogens is 3. The van der Waals surface area contributed by atoms with Crippen molar-refractivity contribution in [3.05, 3.63) is 29.8 Å². The summed E-state index contributed by atoms with van der Waals surface area (Å²) in [5.74, 6) is -0.215. The molecule has 21 heavy (non-hydrogen) atoms. The second-order valence-corrected chi connectivity index (χ2v) is 4.99. The number of hydrogen-bond acceptors (Lipinski definition) is 4. The number of likely N-dealkylation sites (N-methyl/N-ethyl adjacent to an activating group) is 1. The highest BCUT2D eigenvalue weighted by Gasteiger charge is 2.31. The number of alkyl halides is 3. The Kier molecular flexibility index (Phi) is 5.44. The summed E-state index contributed by atoms with van der Waals surface area (Å²) >= 11 is 0. The van der Waals surface area contributed by atoms with E-state index in [2.05, 4.69) is 15.0 Å². The maximum absolute atomic E-state index is 12.1. The summed E-state index contributed by atoms with van der Waals surface area (Å²) in [4.78, 5) is 2.25. The fourth-order valence-corrected chi connectivity index (χ4v) is 2.13. The van der Waals surface area contributed by atoms with Crippen LogP contribution in [0.4, 0.5) is 13.2 Å². The summed E-state index contributed by atoms with van der Waals surface area (Å²) in [6, 6.07) is 5.88. The van der Waals surface area contributed by atoms with E-state index >= 15 is 0 Å². The predicted molar refractivity (Wildman–Crippen MR) is 72.1 cm³/mol. The van der Waals surface area contributed by atoms with Gasteiger partial charge in [0.1, 0.15) is 5.75 Å². The SMILES string of the molecule is CNCCN1CC(OCc2cccc(OC(F)(F)F)c2)C1. The van der Waals surface area contributed by atoms with Gasteiger partial charge in [0, 0.05) is 26.2 Å². The number of likely N-dealkylation sites (tertiary alicyclic amines) is 1. The van der Waals surface area contributed by atoms with Crippen LogP contribution in [0.15, 0.2) is 24.3 Å². The number of rotatable bonds is 7. The lowest BCUT2D eigenvalue weighted by Gasteiger charge is -2.38. The largest absolute Gasteiger partial charge is 0.573 e. The highest BCUT2D eigenvalue weighted by Crippen LogP contribution is 2.24. The van der Waals surface area contributed by atoms with Gasteiger partial charge in [0.25, 0.3) is 0 Å². The molecule has 0 atom stereocenters. The zero-order chi connectivity index (χ0) is 15.3. The van der Waals surface area contributed by atoms with E-state index in [4.69, 9.17) is 4.74 Å². The van der Waals surface area contributed by atoms with Crippen molar-refractivity contribution in [2.45, 2.75) is 19.1 Å². The van der Waals surface area contributed by atoms with Crippen molar-refractivity contribution in [2.24, 2.45) is 0 Å². The van der Waals surface area contributed by atoms with Crippen LogP contribution in [0.2, 0.25) is 0 Å². The first-order valence-electron chi connectivity index (χ1n) is 6.79. The van der Waals surface area contributed by atoms with E-state index in [1.807, 2.05) is 7.05 Å². The van der Waals surface area contributed by atoms with Crippen molar-refractivity contribution < 1.29 is 22.6 Å². The number of hydrogen-bond donors (Lipinski definition) is 1. The van der Waals surface area contributed by atoms with Gasteiger partial charge in [0.2, 0.25) is 0 Å². The van der Waals surface area contributed by atoms with Crippen LogP contribution in [0.5, 0.6) is 5.75 Å². The molecule has 2 rings (SSSR count). The average molecular weight is 304 g/mol. The molecule has 0 spiro atoms. The molecule has 118 valence electrons. The molecular weight excluding hydrogens is 285 g/mol. The van der Waals surface area contributed by atoms with E-state index in [0.29, 0.717) is 12.2 Å². The zero-order valence-electron chi connectivity index (χ0n) is 11.8. The first-order valence-corrected chi connectivity index (χ1v) is 6.79. The Labute approximate surface area is 121 Å². The quantitative estimate of drug-likeness (QED) is 0.835. The lowest BCUT2D eigenvalue weighted by atomic mass is 10.1. The van der Waals surface area contributed by atoms with Gasteiger partial charge in [-0.15, -0.1) is 13.2 Å². The third-order valence-electron chi connectivity index (χ3n) is 3.22. The molecule has 1 aromatic rings. The van der Waals surface area contributed by atoms with Gasteiger partial charge < -0.3 is 14.8 Å². The Bertz CT molecular complexity index is 448. The first kappa shape index (κ1) is 16.1. The summed E-state index contributed by atoms with van der Waals surface area (Å²) in [6.07, 6.45) is -4.52. The normalized spacial score (nSPS) is 16.8. The van der Waals surface area contributed by atoms with Crippen LogP contribution in [0, 0.1) is 0 Å². The minimum Gasteiger partial charge on any atom is -0.406 e. The van der Waals surface area contributed by atoms with Gasteiger partial charge in [0.15, 0.2) is 0 Å². The molecule has 0 aliphatic carbocycles. The van der Waals surface area contributed by atoms with Gasteiger partial charge in [-0.2, -0.15) is 0 Å². The minimum absolute atomic E-state index is 0.147. The van der Waals surface area contributed by atoms with Crippen LogP contribution in [-0.2, 0) is 11.3 Å². The van der Waals surface area contributed by atoms with Gasteiger partial charge in [-0.25, -0.2) is 0 Å². The fourth-order valence-electron chi connectivity index (χ4n) is 2.13. The highest BCUT2D eigenvalue weighted by atomic mass is 19.4. The number of benzene rings is 1. The molecule has 1 fully saturated rings. The Morgan fingerprint density at radius 3 is 2.76 bits per heavy atom. The summed E-state index contributed by atoms with van der Waals surface area (Å²) in [6.45, 7) is 3.93. The minimum atomic E-state index is -4.67. The first-order chi connectivity index (χ1) is 9.96. The molecule has 0 saturated carbocycles. The molecule has 4 nitrogen and oxygen atoms in total. The predicted octanol–water partition coefficient (Wildman–Crippen LogP) is 2.01.